The maximum atomic E-state index is 11.6. The molecule has 1 aliphatic heterocycles. The number of carboxylic acids is 1. The number of fused-ring (bicyclic) bond motifs is 1. The van der Waals surface area contributed by atoms with E-state index >= 15 is 0 Å². The number of rotatable bonds is 4. The van der Waals surface area contributed by atoms with E-state index in [1.54, 1.807) is 0 Å². The van der Waals surface area contributed by atoms with Crippen molar-refractivity contribution in [2.75, 3.05) is 13.1 Å². The molecule has 2 atom stereocenters. The van der Waals surface area contributed by atoms with Gasteiger partial charge in [-0.15, -0.1) is 0 Å². The van der Waals surface area contributed by atoms with E-state index in [4.69, 9.17) is 0 Å². The van der Waals surface area contributed by atoms with Crippen LogP contribution in [0.15, 0.2) is 66.9 Å². The molecule has 1 aromatic heterocycles. The number of aliphatic carboxylic acids is 1. The van der Waals surface area contributed by atoms with Crippen LogP contribution in [0.4, 0.5) is 0 Å². The topological polar surface area (TPSA) is 53.4 Å². The molecule has 2 aromatic carbocycles. The zero-order valence-electron chi connectivity index (χ0n) is 14.6. The number of nitrogens with zero attached hydrogens (tertiary/aromatic N) is 2. The molecule has 4 rings (SSSR count). The first-order valence-electron chi connectivity index (χ1n) is 9.09. The standard InChI is InChI=1S/C22H22N2O2/c25-22(26)17-9-6-14-24(15-17)21(20-12-3-4-13-23-20)19-11-5-8-16-7-1-2-10-18(16)19/h1-5,7-8,10-13,17,21H,6,9,14-15H2,(H,25,26). The summed E-state index contributed by atoms with van der Waals surface area (Å²) in [6.45, 7) is 1.44. The van der Waals surface area contributed by atoms with Crippen molar-refractivity contribution in [3.05, 3.63) is 78.1 Å². The first-order chi connectivity index (χ1) is 12.7. The second-order valence-electron chi connectivity index (χ2n) is 6.90. The molecule has 0 radical (unpaired) electrons. The molecule has 132 valence electrons. The minimum absolute atomic E-state index is 0.0375. The Labute approximate surface area is 153 Å². The van der Waals surface area contributed by atoms with Crippen LogP contribution in [0.1, 0.15) is 30.1 Å². The summed E-state index contributed by atoms with van der Waals surface area (Å²) in [5.74, 6) is -1.02. The molecule has 2 unspecified atom stereocenters. The average Bonchev–Trinajstić information content (AvgIpc) is 2.69. The Balaban J connectivity index is 1.82. The number of benzene rings is 2. The van der Waals surface area contributed by atoms with Gasteiger partial charge in [-0.2, -0.15) is 0 Å². The van der Waals surface area contributed by atoms with E-state index in [2.05, 4.69) is 46.3 Å². The average molecular weight is 346 g/mol. The highest BCUT2D eigenvalue weighted by molar-refractivity contribution is 5.86. The van der Waals surface area contributed by atoms with Crippen molar-refractivity contribution >= 4 is 16.7 Å². The van der Waals surface area contributed by atoms with Gasteiger partial charge in [0.15, 0.2) is 0 Å². The normalized spacial score (nSPS) is 19.3. The van der Waals surface area contributed by atoms with Gasteiger partial charge in [-0.05, 0) is 47.9 Å². The van der Waals surface area contributed by atoms with Crippen LogP contribution in [0.3, 0.4) is 0 Å². The molecule has 3 aromatic rings. The van der Waals surface area contributed by atoms with Gasteiger partial charge in [0.2, 0.25) is 0 Å². The molecule has 0 spiro atoms. The van der Waals surface area contributed by atoms with Crippen LogP contribution < -0.4 is 0 Å². The molecule has 2 heterocycles. The van der Waals surface area contributed by atoms with E-state index in [1.165, 1.54) is 16.3 Å². The fourth-order valence-electron chi connectivity index (χ4n) is 4.01. The van der Waals surface area contributed by atoms with Gasteiger partial charge in [0.25, 0.3) is 0 Å². The fourth-order valence-corrected chi connectivity index (χ4v) is 4.01. The molecule has 1 N–H and O–H groups in total. The van der Waals surface area contributed by atoms with Gasteiger partial charge in [-0.3, -0.25) is 14.7 Å². The summed E-state index contributed by atoms with van der Waals surface area (Å²) in [4.78, 5) is 18.5. The van der Waals surface area contributed by atoms with Gasteiger partial charge in [-0.1, -0.05) is 48.5 Å². The molecule has 26 heavy (non-hydrogen) atoms. The number of piperidine rings is 1. The Morgan fingerprint density at radius 2 is 1.88 bits per heavy atom. The predicted molar refractivity (Wildman–Crippen MR) is 102 cm³/mol. The van der Waals surface area contributed by atoms with Crippen LogP contribution in [-0.4, -0.2) is 34.0 Å². The number of aromatic nitrogens is 1. The number of pyridine rings is 1. The lowest BCUT2D eigenvalue weighted by molar-refractivity contribution is -0.143. The predicted octanol–water partition coefficient (Wildman–Crippen LogP) is 4.12. The Morgan fingerprint density at radius 3 is 2.69 bits per heavy atom. The van der Waals surface area contributed by atoms with Crippen molar-refractivity contribution in [1.82, 2.24) is 9.88 Å². The van der Waals surface area contributed by atoms with E-state index in [9.17, 15) is 9.90 Å². The third-order valence-electron chi connectivity index (χ3n) is 5.25. The van der Waals surface area contributed by atoms with Crippen LogP contribution in [0, 0.1) is 5.92 Å². The van der Waals surface area contributed by atoms with Gasteiger partial charge in [0, 0.05) is 12.7 Å². The lowest BCUT2D eigenvalue weighted by atomic mass is 9.91. The van der Waals surface area contributed by atoms with Crippen LogP contribution in [0.5, 0.6) is 0 Å². The van der Waals surface area contributed by atoms with Crippen LogP contribution in [0.25, 0.3) is 10.8 Å². The number of carbonyl (C=O) groups is 1. The molecule has 0 saturated carbocycles. The molecule has 0 bridgehead atoms. The Kier molecular flexibility index (Phi) is 4.67. The first kappa shape index (κ1) is 16.7. The van der Waals surface area contributed by atoms with Crippen LogP contribution in [-0.2, 0) is 4.79 Å². The zero-order chi connectivity index (χ0) is 17.9. The minimum Gasteiger partial charge on any atom is -0.481 e. The molecule has 0 amide bonds. The van der Waals surface area contributed by atoms with E-state index in [-0.39, 0.29) is 12.0 Å². The maximum absolute atomic E-state index is 11.6. The number of hydrogen-bond donors (Lipinski definition) is 1. The molecule has 4 nitrogen and oxygen atoms in total. The second-order valence-corrected chi connectivity index (χ2v) is 6.90. The Hall–Kier alpha value is -2.72. The summed E-state index contributed by atoms with van der Waals surface area (Å²) >= 11 is 0. The molecular formula is C22H22N2O2. The Morgan fingerprint density at radius 1 is 1.08 bits per heavy atom. The number of likely N-dealkylation sites (tertiary alicyclic amines) is 1. The third-order valence-corrected chi connectivity index (χ3v) is 5.25. The van der Waals surface area contributed by atoms with Gasteiger partial charge < -0.3 is 5.11 Å². The van der Waals surface area contributed by atoms with Gasteiger partial charge in [0.1, 0.15) is 0 Å². The number of hydrogen-bond acceptors (Lipinski definition) is 3. The Bertz CT molecular complexity index is 905. The van der Waals surface area contributed by atoms with E-state index in [0.29, 0.717) is 6.54 Å². The molecule has 1 fully saturated rings. The summed E-state index contributed by atoms with van der Waals surface area (Å²) in [6.07, 6.45) is 3.45. The van der Waals surface area contributed by atoms with Crippen molar-refractivity contribution in [3.63, 3.8) is 0 Å². The highest BCUT2D eigenvalue weighted by atomic mass is 16.4. The maximum Gasteiger partial charge on any atom is 0.307 e. The number of carboxylic acid groups (broad SMARTS) is 1. The minimum atomic E-state index is -0.701. The highest BCUT2D eigenvalue weighted by Crippen LogP contribution is 2.35. The summed E-state index contributed by atoms with van der Waals surface area (Å²) in [5.41, 5.74) is 2.16. The molecule has 0 aliphatic carbocycles. The molecule has 4 heteroatoms. The van der Waals surface area contributed by atoms with Crippen molar-refractivity contribution < 1.29 is 9.90 Å². The second kappa shape index (κ2) is 7.26. The highest BCUT2D eigenvalue weighted by Gasteiger charge is 2.32. The smallest absolute Gasteiger partial charge is 0.307 e. The summed E-state index contributed by atoms with van der Waals surface area (Å²) in [7, 11) is 0. The van der Waals surface area contributed by atoms with E-state index in [1.807, 2.05) is 30.5 Å². The summed E-state index contributed by atoms with van der Waals surface area (Å²) < 4.78 is 0. The van der Waals surface area contributed by atoms with Gasteiger partial charge in [0.05, 0.1) is 17.7 Å². The lowest BCUT2D eigenvalue weighted by Crippen LogP contribution is -2.41. The molecule has 1 aliphatic rings. The van der Waals surface area contributed by atoms with E-state index < -0.39 is 5.97 Å². The SMILES string of the molecule is O=C(O)C1CCCN(C(c2ccccn2)c2cccc3ccccc23)C1. The largest absolute Gasteiger partial charge is 0.481 e. The monoisotopic (exact) mass is 346 g/mol. The lowest BCUT2D eigenvalue weighted by Gasteiger charge is -2.37. The van der Waals surface area contributed by atoms with Crippen molar-refractivity contribution in [3.8, 4) is 0 Å². The van der Waals surface area contributed by atoms with Crippen molar-refractivity contribution in [2.45, 2.75) is 18.9 Å². The van der Waals surface area contributed by atoms with Crippen LogP contribution in [0.2, 0.25) is 0 Å². The fraction of sp³-hybridized carbons (Fsp3) is 0.273. The summed E-state index contributed by atoms with van der Waals surface area (Å²) in [5, 5.41) is 11.9. The van der Waals surface area contributed by atoms with Crippen molar-refractivity contribution in [1.29, 1.82) is 0 Å². The van der Waals surface area contributed by atoms with Gasteiger partial charge >= 0.3 is 5.97 Å². The van der Waals surface area contributed by atoms with Crippen LogP contribution >= 0.6 is 0 Å². The quantitative estimate of drug-likeness (QED) is 0.772. The van der Waals surface area contributed by atoms with Crippen molar-refractivity contribution in [2.24, 2.45) is 5.92 Å². The first-order valence-corrected chi connectivity index (χ1v) is 9.09. The third kappa shape index (κ3) is 3.20. The summed E-state index contributed by atoms with van der Waals surface area (Å²) in [6, 6.07) is 20.6. The van der Waals surface area contributed by atoms with E-state index in [0.717, 1.165) is 25.1 Å². The zero-order valence-corrected chi connectivity index (χ0v) is 14.6. The molecule has 1 saturated heterocycles. The molecular weight excluding hydrogens is 324 g/mol. The van der Waals surface area contributed by atoms with Gasteiger partial charge in [-0.25, -0.2) is 0 Å².